The highest BCUT2D eigenvalue weighted by atomic mass is 16.8. The summed E-state index contributed by atoms with van der Waals surface area (Å²) in [5.41, 5.74) is -9.40. The Labute approximate surface area is 176 Å². The molecule has 4 N–H and O–H groups in total. The van der Waals surface area contributed by atoms with Crippen molar-refractivity contribution in [3.05, 3.63) is 0 Å². The summed E-state index contributed by atoms with van der Waals surface area (Å²) in [6.07, 6.45) is -9.69. The van der Waals surface area contributed by atoms with Gasteiger partial charge in [0.25, 0.3) is 0 Å². The molecule has 11 heteroatoms. The van der Waals surface area contributed by atoms with Crippen LogP contribution in [0.4, 0.5) is 0 Å². The first-order valence-corrected chi connectivity index (χ1v) is 10.3. The quantitative estimate of drug-likeness (QED) is 0.234. The van der Waals surface area contributed by atoms with E-state index in [2.05, 4.69) is 0 Å². The molecule has 0 aromatic rings. The minimum Gasteiger partial charge on any atom is -0.456 e. The predicted molar refractivity (Wildman–Crippen MR) is 93.4 cm³/mol. The fourth-order valence-corrected chi connectivity index (χ4v) is 8.27. The molecule has 4 aliphatic heterocycles. The molecular formula is C20H24O11. The zero-order valence-electron chi connectivity index (χ0n) is 17.3. The van der Waals surface area contributed by atoms with Gasteiger partial charge in [-0.3, -0.25) is 4.79 Å². The summed E-state index contributed by atoms with van der Waals surface area (Å²) in [6.45, 7) is 6.63. The third kappa shape index (κ3) is 1.43. The highest BCUT2D eigenvalue weighted by Gasteiger charge is 3.05. The third-order valence-corrected chi connectivity index (χ3v) is 8.95. The topological polar surface area (TPSA) is 169 Å². The summed E-state index contributed by atoms with van der Waals surface area (Å²) in [6, 6.07) is 0. The van der Waals surface area contributed by atoms with Crippen molar-refractivity contribution >= 4 is 17.9 Å². The first kappa shape index (κ1) is 19.9. The first-order chi connectivity index (χ1) is 14.3. The SMILES string of the molecule is C[C@H]1C(=O)O[C@H]2[C@H](O)[C@]34C5OC(=O)[C@]3(O[C@@H]3OC(=O)[C@H](O)C34[C@H](C(C)(C)C)[C@H]5O)C12O. The molecule has 31 heavy (non-hydrogen) atoms. The van der Waals surface area contributed by atoms with Gasteiger partial charge in [0.2, 0.25) is 11.9 Å². The van der Waals surface area contributed by atoms with Gasteiger partial charge >= 0.3 is 17.9 Å². The molecule has 2 saturated carbocycles. The molecular weight excluding hydrogens is 416 g/mol. The molecule has 0 bridgehead atoms. The zero-order valence-corrected chi connectivity index (χ0v) is 17.3. The molecule has 0 radical (unpaired) electrons. The van der Waals surface area contributed by atoms with E-state index in [9.17, 15) is 34.8 Å². The first-order valence-electron chi connectivity index (χ1n) is 10.3. The monoisotopic (exact) mass is 440 g/mol. The zero-order chi connectivity index (χ0) is 22.7. The van der Waals surface area contributed by atoms with Crippen LogP contribution in [0.5, 0.6) is 0 Å². The van der Waals surface area contributed by atoms with Crippen molar-refractivity contribution in [3.63, 3.8) is 0 Å². The lowest BCUT2D eigenvalue weighted by atomic mass is 9.51. The molecule has 3 unspecified atom stereocenters. The van der Waals surface area contributed by atoms with Crippen LogP contribution in [0.1, 0.15) is 27.7 Å². The van der Waals surface area contributed by atoms with Crippen LogP contribution in [0.3, 0.4) is 0 Å². The molecule has 11 nitrogen and oxygen atoms in total. The average Bonchev–Trinajstić information content (AvgIpc) is 3.35. The van der Waals surface area contributed by atoms with E-state index in [1.54, 1.807) is 20.8 Å². The number of fused-ring (bicyclic) bond motifs is 1. The van der Waals surface area contributed by atoms with Crippen LogP contribution in [0.15, 0.2) is 0 Å². The Bertz CT molecular complexity index is 957. The highest BCUT2D eigenvalue weighted by molar-refractivity contribution is 5.94. The molecule has 4 heterocycles. The van der Waals surface area contributed by atoms with Crippen molar-refractivity contribution in [1.82, 2.24) is 0 Å². The maximum Gasteiger partial charge on any atom is 0.343 e. The summed E-state index contributed by atoms with van der Waals surface area (Å²) < 4.78 is 22.2. The second-order valence-electron chi connectivity index (χ2n) is 10.8. The Balaban J connectivity index is 1.75. The van der Waals surface area contributed by atoms with Gasteiger partial charge in [0.05, 0.1) is 22.9 Å². The maximum absolute atomic E-state index is 13.4. The van der Waals surface area contributed by atoms with E-state index in [1.807, 2.05) is 0 Å². The molecule has 0 amide bonds. The van der Waals surface area contributed by atoms with Crippen molar-refractivity contribution in [2.75, 3.05) is 0 Å². The molecule has 0 aromatic carbocycles. The van der Waals surface area contributed by atoms with Gasteiger partial charge in [0.1, 0.15) is 12.2 Å². The normalized spacial score (nSPS) is 61.0. The number of hydrogen-bond donors (Lipinski definition) is 4. The van der Waals surface area contributed by atoms with Crippen LogP contribution in [-0.4, -0.2) is 86.3 Å². The smallest absolute Gasteiger partial charge is 0.343 e. The number of hydrogen-bond acceptors (Lipinski definition) is 11. The third-order valence-electron chi connectivity index (χ3n) is 8.95. The summed E-state index contributed by atoms with van der Waals surface area (Å²) >= 11 is 0. The Morgan fingerprint density at radius 3 is 2.19 bits per heavy atom. The van der Waals surface area contributed by atoms with E-state index >= 15 is 0 Å². The van der Waals surface area contributed by atoms with Gasteiger partial charge in [-0.25, -0.2) is 9.59 Å². The summed E-state index contributed by atoms with van der Waals surface area (Å²) in [5, 5.41) is 46.1. The van der Waals surface area contributed by atoms with Crippen LogP contribution >= 0.6 is 0 Å². The highest BCUT2D eigenvalue weighted by Crippen LogP contribution is 2.84. The predicted octanol–water partition coefficient (Wildman–Crippen LogP) is -2.40. The molecule has 2 aliphatic carbocycles. The Morgan fingerprint density at radius 1 is 0.935 bits per heavy atom. The molecule has 2 spiro atoms. The van der Waals surface area contributed by atoms with E-state index in [-0.39, 0.29) is 0 Å². The van der Waals surface area contributed by atoms with Gasteiger partial charge in [-0.15, -0.1) is 0 Å². The van der Waals surface area contributed by atoms with Gasteiger partial charge in [0.15, 0.2) is 17.8 Å². The molecule has 0 aromatic heterocycles. The minimum absolute atomic E-state index is 0.792. The number of ether oxygens (including phenoxy) is 4. The van der Waals surface area contributed by atoms with Crippen LogP contribution in [0, 0.1) is 28.1 Å². The second kappa shape index (κ2) is 4.91. The number of carbonyl (C=O) groups is 3. The van der Waals surface area contributed by atoms with Crippen LogP contribution < -0.4 is 0 Å². The molecule has 6 aliphatic rings. The van der Waals surface area contributed by atoms with Gasteiger partial charge in [-0.05, 0) is 12.3 Å². The fourth-order valence-electron chi connectivity index (χ4n) is 8.27. The minimum atomic E-state index is -2.40. The fraction of sp³-hybridized carbons (Fsp3) is 0.850. The number of carbonyl (C=O) groups excluding carboxylic acids is 3. The average molecular weight is 440 g/mol. The second-order valence-corrected chi connectivity index (χ2v) is 10.8. The van der Waals surface area contributed by atoms with E-state index in [0.29, 0.717) is 0 Å². The van der Waals surface area contributed by atoms with E-state index < -0.39 is 94.0 Å². The number of aliphatic hydroxyl groups excluding tert-OH is 3. The van der Waals surface area contributed by atoms with Crippen LogP contribution in [-0.2, 0) is 33.3 Å². The Morgan fingerprint density at radius 2 is 1.58 bits per heavy atom. The molecule has 12 atom stereocenters. The Hall–Kier alpha value is -1.79. The summed E-state index contributed by atoms with van der Waals surface area (Å²) in [7, 11) is 0. The molecule has 6 rings (SSSR count). The number of esters is 3. The lowest BCUT2D eigenvalue weighted by Crippen LogP contribution is -2.67. The van der Waals surface area contributed by atoms with E-state index in [1.165, 1.54) is 6.92 Å². The van der Waals surface area contributed by atoms with Crippen molar-refractivity contribution < 1.29 is 53.8 Å². The van der Waals surface area contributed by atoms with Crippen molar-refractivity contribution in [3.8, 4) is 0 Å². The van der Waals surface area contributed by atoms with Crippen molar-refractivity contribution in [1.29, 1.82) is 0 Å². The lowest BCUT2D eigenvalue weighted by Gasteiger charge is -2.47. The van der Waals surface area contributed by atoms with Gasteiger partial charge in [0, 0.05) is 5.92 Å². The molecule has 4 saturated heterocycles. The largest absolute Gasteiger partial charge is 0.456 e. The van der Waals surface area contributed by atoms with Crippen molar-refractivity contribution in [2.24, 2.45) is 28.1 Å². The summed E-state index contributed by atoms with van der Waals surface area (Å²) in [5.74, 6) is -5.22. The van der Waals surface area contributed by atoms with Gasteiger partial charge in [-0.2, -0.15) is 0 Å². The number of rotatable bonds is 0. The number of aliphatic hydroxyl groups is 4. The molecule has 6 fully saturated rings. The molecule has 170 valence electrons. The maximum atomic E-state index is 13.4. The standard InChI is InChI=1S/C20H24O11/c1-5-12(24)28-11-8(22)18-10-6(21)7(16(2,3)4)17(18)9(23)13(25)30-15(17)31-20(18,14(26)29-10)19(5,11)27/h5-11,15,21-23,27H,1-4H3/t5-,6+,7-,8-,9-,10?,11-,15-,17?,18+,19?,20+/m0/s1. The van der Waals surface area contributed by atoms with Crippen LogP contribution in [0.25, 0.3) is 0 Å². The lowest BCUT2D eigenvalue weighted by molar-refractivity contribution is -0.240. The summed E-state index contributed by atoms with van der Waals surface area (Å²) in [4.78, 5) is 38.3. The van der Waals surface area contributed by atoms with Gasteiger partial charge in [-0.1, -0.05) is 20.8 Å². The Kier molecular flexibility index (Phi) is 3.15. The van der Waals surface area contributed by atoms with Crippen molar-refractivity contribution in [2.45, 2.75) is 75.7 Å². The van der Waals surface area contributed by atoms with E-state index in [4.69, 9.17) is 18.9 Å². The van der Waals surface area contributed by atoms with Gasteiger partial charge < -0.3 is 39.4 Å². The van der Waals surface area contributed by atoms with E-state index in [0.717, 1.165) is 0 Å². The van der Waals surface area contributed by atoms with Crippen LogP contribution in [0.2, 0.25) is 0 Å².